The van der Waals surface area contributed by atoms with Gasteiger partial charge >= 0.3 is 6.09 Å². The largest absolute Gasteiger partial charge is 0.492 e. The number of ether oxygens (including phenoxy) is 3. The normalized spacial score (nSPS) is 15.3. The van der Waals surface area contributed by atoms with Crippen LogP contribution in [0.1, 0.15) is 59.6 Å². The quantitative estimate of drug-likeness (QED) is 0.446. The molecule has 1 N–H and O–H groups in total. The van der Waals surface area contributed by atoms with Crippen molar-refractivity contribution in [1.82, 2.24) is 4.57 Å². The van der Waals surface area contributed by atoms with Crippen LogP contribution < -0.4 is 15.5 Å². The Labute approximate surface area is 212 Å². The molecular formula is C27H37ClN2O5. The maximum Gasteiger partial charge on any atom is 0.411 e. The van der Waals surface area contributed by atoms with Gasteiger partial charge in [-0.25, -0.2) is 4.79 Å². The maximum absolute atomic E-state index is 13.0. The van der Waals surface area contributed by atoms with Crippen molar-refractivity contribution in [2.75, 3.05) is 32.2 Å². The van der Waals surface area contributed by atoms with E-state index in [1.807, 2.05) is 32.9 Å². The van der Waals surface area contributed by atoms with E-state index in [0.717, 1.165) is 29.7 Å². The molecule has 1 aliphatic heterocycles. The molecule has 1 atom stereocenters. The molecule has 0 aliphatic carbocycles. The zero-order chi connectivity index (χ0) is 26.0. The molecule has 3 rings (SSSR count). The van der Waals surface area contributed by atoms with Gasteiger partial charge in [0.15, 0.2) is 0 Å². The van der Waals surface area contributed by atoms with Gasteiger partial charge in [-0.05, 0) is 34.9 Å². The first-order valence-electron chi connectivity index (χ1n) is 11.9. The van der Waals surface area contributed by atoms with Crippen molar-refractivity contribution < 1.29 is 19.0 Å². The van der Waals surface area contributed by atoms with Crippen LogP contribution in [0.25, 0.3) is 11.3 Å². The van der Waals surface area contributed by atoms with E-state index in [1.165, 1.54) is 0 Å². The number of benzene rings is 1. The highest BCUT2D eigenvalue weighted by molar-refractivity contribution is 6.32. The molecule has 0 saturated heterocycles. The van der Waals surface area contributed by atoms with Gasteiger partial charge in [0.1, 0.15) is 11.4 Å². The molecule has 1 unspecified atom stereocenters. The first-order valence-corrected chi connectivity index (χ1v) is 12.3. The van der Waals surface area contributed by atoms with Crippen molar-refractivity contribution in [2.24, 2.45) is 10.8 Å². The van der Waals surface area contributed by atoms with E-state index >= 15 is 0 Å². The minimum Gasteiger partial charge on any atom is -0.492 e. The number of halogens is 1. The lowest BCUT2D eigenvalue weighted by Crippen LogP contribution is -2.32. The van der Waals surface area contributed by atoms with Crippen molar-refractivity contribution >= 4 is 23.4 Å². The fraction of sp³-hybridized carbons (Fsp3) is 0.556. The Hall–Kier alpha value is -2.51. The van der Waals surface area contributed by atoms with E-state index in [1.54, 1.807) is 19.4 Å². The number of methoxy groups -OCH3 is 1. The number of carbonyl (C=O) groups is 1. The van der Waals surface area contributed by atoms with Crippen LogP contribution in [0, 0.1) is 10.8 Å². The highest BCUT2D eigenvalue weighted by Crippen LogP contribution is 2.45. The third-order valence-electron chi connectivity index (χ3n) is 5.89. The summed E-state index contributed by atoms with van der Waals surface area (Å²) in [5, 5.41) is 3.12. The van der Waals surface area contributed by atoms with Crippen molar-refractivity contribution in [1.29, 1.82) is 0 Å². The smallest absolute Gasteiger partial charge is 0.411 e. The Kier molecular flexibility index (Phi) is 8.22. The predicted molar refractivity (Wildman–Crippen MR) is 140 cm³/mol. The van der Waals surface area contributed by atoms with Crippen molar-refractivity contribution in [3.8, 4) is 17.0 Å². The number of nitrogens with one attached hydrogen (secondary N) is 1. The second-order valence-electron chi connectivity index (χ2n) is 11.3. The Balaban J connectivity index is 1.98. The summed E-state index contributed by atoms with van der Waals surface area (Å²) in [6.07, 6.45) is 2.58. The maximum atomic E-state index is 13.0. The molecule has 1 aromatic heterocycles. The molecule has 2 aromatic rings. The molecule has 0 radical (unpaired) electrons. The number of carbonyl (C=O) groups excluding carboxylic acids is 1. The summed E-state index contributed by atoms with van der Waals surface area (Å²) in [7, 11) is 1.66. The molecule has 0 fully saturated rings. The van der Waals surface area contributed by atoms with Crippen molar-refractivity contribution in [3.63, 3.8) is 0 Å². The summed E-state index contributed by atoms with van der Waals surface area (Å²) in [4.78, 5) is 25.3. The molecule has 35 heavy (non-hydrogen) atoms. The second kappa shape index (κ2) is 10.6. The van der Waals surface area contributed by atoms with Crippen molar-refractivity contribution in [2.45, 2.75) is 60.4 Å². The molecule has 8 heteroatoms. The predicted octanol–water partition coefficient (Wildman–Crippen LogP) is 6.32. The monoisotopic (exact) mass is 504 g/mol. The minimum atomic E-state index is -0.639. The van der Waals surface area contributed by atoms with E-state index < -0.39 is 6.09 Å². The number of anilines is 1. The van der Waals surface area contributed by atoms with Crippen LogP contribution in [0.5, 0.6) is 5.75 Å². The third kappa shape index (κ3) is 6.79. The first kappa shape index (κ1) is 27.1. The van der Waals surface area contributed by atoms with Crippen LogP contribution in [0.4, 0.5) is 10.5 Å². The number of amides is 1. The minimum absolute atomic E-state index is 0.0410. The summed E-state index contributed by atoms with van der Waals surface area (Å²) >= 11 is 6.56. The van der Waals surface area contributed by atoms with Crippen LogP contribution >= 0.6 is 11.6 Å². The summed E-state index contributed by atoms with van der Waals surface area (Å²) in [5.74, 6) is 0.629. The summed E-state index contributed by atoms with van der Waals surface area (Å²) in [6, 6.07) is 5.44. The number of rotatable bonds is 7. The zero-order valence-corrected chi connectivity index (χ0v) is 22.5. The third-order valence-corrected chi connectivity index (χ3v) is 6.18. The van der Waals surface area contributed by atoms with Gasteiger partial charge in [-0.2, -0.15) is 0 Å². The van der Waals surface area contributed by atoms with Crippen LogP contribution in [0.15, 0.2) is 29.2 Å². The molecule has 1 aliphatic rings. The molecule has 1 aromatic carbocycles. The summed E-state index contributed by atoms with van der Waals surface area (Å²) in [6.45, 7) is 13.8. The highest BCUT2D eigenvalue weighted by Gasteiger charge is 2.33. The Morgan fingerprint density at radius 2 is 1.86 bits per heavy atom. The Morgan fingerprint density at radius 3 is 2.49 bits per heavy atom. The first-order chi connectivity index (χ1) is 16.3. The molecule has 0 spiro atoms. The number of aromatic nitrogens is 1. The second-order valence-corrected chi connectivity index (χ2v) is 11.7. The van der Waals surface area contributed by atoms with Crippen LogP contribution in [0.2, 0.25) is 5.02 Å². The van der Waals surface area contributed by atoms with Gasteiger partial charge < -0.3 is 18.8 Å². The molecule has 0 bridgehead atoms. The van der Waals surface area contributed by atoms with Gasteiger partial charge in [0, 0.05) is 44.0 Å². The van der Waals surface area contributed by atoms with Gasteiger partial charge in [-0.15, -0.1) is 0 Å². The molecule has 0 saturated carbocycles. The fourth-order valence-electron chi connectivity index (χ4n) is 4.07. The lowest BCUT2D eigenvalue weighted by Gasteiger charge is -2.39. The summed E-state index contributed by atoms with van der Waals surface area (Å²) < 4.78 is 18.4. The molecule has 1 amide bonds. The lowest BCUT2D eigenvalue weighted by atomic mass is 9.79. The average molecular weight is 505 g/mol. The molecule has 7 nitrogen and oxygen atoms in total. The van der Waals surface area contributed by atoms with Crippen LogP contribution in [0.3, 0.4) is 0 Å². The lowest BCUT2D eigenvalue weighted by molar-refractivity contribution is 0.118. The van der Waals surface area contributed by atoms with E-state index in [2.05, 4.69) is 30.7 Å². The van der Waals surface area contributed by atoms with E-state index in [4.69, 9.17) is 25.8 Å². The number of pyridine rings is 1. The standard InChI is InChI=1S/C27H37ClN2O5/c1-26(2,3)16-35-25(32)29-20-15-30-21(14-22(20)31)18-13-19(28)23(34-10-8-9-33-7)11-17(18)12-24(30)27(4,5)6/h11,13-15,24H,8-10,12,16H2,1-7H3,(H,29,32). The van der Waals surface area contributed by atoms with E-state index in [9.17, 15) is 9.59 Å². The van der Waals surface area contributed by atoms with Gasteiger partial charge in [-0.1, -0.05) is 53.1 Å². The van der Waals surface area contributed by atoms with E-state index in [0.29, 0.717) is 24.0 Å². The Morgan fingerprint density at radius 1 is 1.14 bits per heavy atom. The number of hydrogen-bond acceptors (Lipinski definition) is 5. The summed E-state index contributed by atoms with van der Waals surface area (Å²) in [5.41, 5.74) is 2.33. The van der Waals surface area contributed by atoms with E-state index in [-0.39, 0.29) is 34.6 Å². The van der Waals surface area contributed by atoms with Crippen LogP contribution in [-0.2, 0) is 15.9 Å². The van der Waals surface area contributed by atoms with Gasteiger partial charge in [0.05, 0.1) is 23.9 Å². The van der Waals surface area contributed by atoms with Crippen molar-refractivity contribution in [3.05, 3.63) is 45.2 Å². The average Bonchev–Trinajstić information content (AvgIpc) is 2.75. The fourth-order valence-corrected chi connectivity index (χ4v) is 4.29. The van der Waals surface area contributed by atoms with Crippen LogP contribution in [-0.4, -0.2) is 37.6 Å². The molecular weight excluding hydrogens is 468 g/mol. The topological polar surface area (TPSA) is 78.8 Å². The number of hydrogen-bond donors (Lipinski definition) is 1. The molecule has 2 heterocycles. The number of nitrogens with zero attached hydrogens (tertiary/aromatic N) is 1. The molecule has 192 valence electrons. The Bertz CT molecular complexity index is 1130. The van der Waals surface area contributed by atoms with Gasteiger partial charge in [-0.3, -0.25) is 10.1 Å². The van der Waals surface area contributed by atoms with Gasteiger partial charge in [0.2, 0.25) is 5.43 Å². The highest BCUT2D eigenvalue weighted by atomic mass is 35.5. The zero-order valence-electron chi connectivity index (χ0n) is 21.8. The SMILES string of the molecule is COCCCOc1cc2c(cc1Cl)-c1cc(=O)c(NC(=O)OCC(C)(C)C)cn1C(C(C)(C)C)C2. The van der Waals surface area contributed by atoms with Gasteiger partial charge in [0.25, 0.3) is 0 Å². The number of fused-ring (bicyclic) bond motifs is 3.